The van der Waals surface area contributed by atoms with Gasteiger partial charge in [0.2, 0.25) is 5.88 Å². The van der Waals surface area contributed by atoms with E-state index in [1.54, 1.807) is 24.5 Å². The van der Waals surface area contributed by atoms with E-state index in [-0.39, 0.29) is 17.6 Å². The van der Waals surface area contributed by atoms with Crippen LogP contribution in [0.15, 0.2) is 59.8 Å². The molecule has 1 saturated heterocycles. The highest BCUT2D eigenvalue weighted by molar-refractivity contribution is 5.40. The van der Waals surface area contributed by atoms with Crippen LogP contribution in [0.25, 0.3) is 5.69 Å². The van der Waals surface area contributed by atoms with Gasteiger partial charge in [0.1, 0.15) is 5.75 Å². The molecule has 0 aliphatic carbocycles. The number of halogens is 3. The van der Waals surface area contributed by atoms with Crippen molar-refractivity contribution in [3.8, 4) is 17.3 Å². The van der Waals surface area contributed by atoms with E-state index in [1.807, 2.05) is 0 Å². The number of aromatic hydroxyl groups is 1. The van der Waals surface area contributed by atoms with Crippen LogP contribution in [0.4, 0.5) is 13.2 Å². The zero-order valence-corrected chi connectivity index (χ0v) is 16.1. The van der Waals surface area contributed by atoms with Crippen molar-refractivity contribution in [1.82, 2.24) is 19.4 Å². The standard InChI is InChI=1S/C20H19F3N4O4/c21-20(22,23)31-15-3-1-14(2-4-15)27-17(28)11-26(19(27)29)18(13-5-7-24-8-6-13)16-12-30-10-9-25-16/h1-8,11,16,18,25,28H,9-10,12H2. The number of alkyl halides is 3. The van der Waals surface area contributed by atoms with Crippen LogP contribution in [-0.4, -0.2) is 51.4 Å². The topological polar surface area (TPSA) is 90.5 Å². The van der Waals surface area contributed by atoms with E-state index >= 15 is 0 Å². The maximum atomic E-state index is 13.2. The van der Waals surface area contributed by atoms with Crippen molar-refractivity contribution in [3.05, 3.63) is 71.0 Å². The quantitative estimate of drug-likeness (QED) is 0.638. The van der Waals surface area contributed by atoms with Crippen molar-refractivity contribution in [3.63, 3.8) is 0 Å². The molecule has 2 atom stereocenters. The zero-order chi connectivity index (χ0) is 22.0. The summed E-state index contributed by atoms with van der Waals surface area (Å²) in [7, 11) is 0. The van der Waals surface area contributed by atoms with E-state index in [1.165, 1.54) is 22.9 Å². The molecule has 0 bridgehead atoms. The molecule has 0 spiro atoms. The normalized spacial score (nSPS) is 18.0. The van der Waals surface area contributed by atoms with E-state index in [0.717, 1.165) is 22.3 Å². The number of morpholine rings is 1. The first-order chi connectivity index (χ1) is 14.8. The molecule has 1 fully saturated rings. The molecule has 4 rings (SSSR count). The van der Waals surface area contributed by atoms with Crippen LogP contribution >= 0.6 is 0 Å². The third kappa shape index (κ3) is 4.57. The molecule has 0 amide bonds. The summed E-state index contributed by atoms with van der Waals surface area (Å²) < 4.78 is 48.9. The van der Waals surface area contributed by atoms with Crippen LogP contribution in [0.3, 0.4) is 0 Å². The summed E-state index contributed by atoms with van der Waals surface area (Å²) in [6, 6.07) is 7.45. The summed E-state index contributed by atoms with van der Waals surface area (Å²) in [6.45, 7) is 1.51. The molecule has 3 heterocycles. The van der Waals surface area contributed by atoms with E-state index < -0.39 is 23.8 Å². The Balaban J connectivity index is 1.73. The maximum Gasteiger partial charge on any atom is 0.573 e. The Kier molecular flexibility index (Phi) is 5.70. The van der Waals surface area contributed by atoms with Crippen LogP contribution < -0.4 is 15.7 Å². The highest BCUT2D eigenvalue weighted by atomic mass is 19.4. The molecule has 2 unspecified atom stereocenters. The van der Waals surface area contributed by atoms with Crippen LogP contribution in [0.1, 0.15) is 11.6 Å². The second-order valence-electron chi connectivity index (χ2n) is 6.92. The van der Waals surface area contributed by atoms with Crippen LogP contribution in [-0.2, 0) is 4.74 Å². The van der Waals surface area contributed by atoms with Gasteiger partial charge in [0, 0.05) is 18.9 Å². The van der Waals surface area contributed by atoms with E-state index in [9.17, 15) is 23.1 Å². The molecule has 0 saturated carbocycles. The second-order valence-corrected chi connectivity index (χ2v) is 6.92. The van der Waals surface area contributed by atoms with Gasteiger partial charge in [-0.15, -0.1) is 13.2 Å². The SMILES string of the molecule is O=c1n(C(c2ccncc2)C2COCCN2)cc(O)n1-c1ccc(OC(F)(F)F)cc1. The number of aromatic nitrogens is 3. The maximum absolute atomic E-state index is 13.2. The van der Waals surface area contributed by atoms with Gasteiger partial charge in [-0.3, -0.25) is 9.55 Å². The monoisotopic (exact) mass is 436 g/mol. The molecule has 1 aliphatic rings. The van der Waals surface area contributed by atoms with Gasteiger partial charge in [0.05, 0.1) is 37.2 Å². The summed E-state index contributed by atoms with van der Waals surface area (Å²) in [4.78, 5) is 17.2. The fourth-order valence-corrected chi connectivity index (χ4v) is 3.63. The number of hydrogen-bond acceptors (Lipinski definition) is 6. The molecule has 2 N–H and O–H groups in total. The lowest BCUT2D eigenvalue weighted by atomic mass is 10.00. The first-order valence-electron chi connectivity index (χ1n) is 9.43. The number of benzene rings is 1. The van der Waals surface area contributed by atoms with Crippen molar-refractivity contribution in [1.29, 1.82) is 0 Å². The largest absolute Gasteiger partial charge is 0.573 e. The molecule has 0 radical (unpaired) electrons. The Hall–Kier alpha value is -3.31. The molecular weight excluding hydrogens is 417 g/mol. The minimum absolute atomic E-state index is 0.192. The van der Waals surface area contributed by atoms with Crippen molar-refractivity contribution >= 4 is 0 Å². The second kappa shape index (κ2) is 8.44. The summed E-state index contributed by atoms with van der Waals surface area (Å²) in [5.74, 6) is -0.785. The molecule has 11 heteroatoms. The van der Waals surface area contributed by atoms with Crippen molar-refractivity contribution in [2.45, 2.75) is 18.4 Å². The van der Waals surface area contributed by atoms with Gasteiger partial charge in [-0.1, -0.05) is 0 Å². The van der Waals surface area contributed by atoms with Gasteiger partial charge in [-0.05, 0) is 42.0 Å². The Morgan fingerprint density at radius 1 is 1.19 bits per heavy atom. The average molecular weight is 436 g/mol. The first-order valence-corrected chi connectivity index (χ1v) is 9.43. The van der Waals surface area contributed by atoms with E-state index in [4.69, 9.17) is 4.74 Å². The number of pyridine rings is 1. The summed E-state index contributed by atoms with van der Waals surface area (Å²) >= 11 is 0. The third-order valence-electron chi connectivity index (χ3n) is 4.90. The van der Waals surface area contributed by atoms with Gasteiger partial charge < -0.3 is 19.9 Å². The van der Waals surface area contributed by atoms with Gasteiger partial charge in [0.25, 0.3) is 0 Å². The summed E-state index contributed by atoms with van der Waals surface area (Å²) in [5, 5.41) is 13.8. The van der Waals surface area contributed by atoms with Crippen LogP contribution in [0, 0.1) is 0 Å². The molecule has 8 nitrogen and oxygen atoms in total. The molecule has 31 heavy (non-hydrogen) atoms. The Morgan fingerprint density at radius 2 is 1.90 bits per heavy atom. The number of rotatable bonds is 5. The highest BCUT2D eigenvalue weighted by Gasteiger charge is 2.32. The number of hydrogen-bond donors (Lipinski definition) is 2. The average Bonchev–Trinajstić information content (AvgIpc) is 3.03. The predicted molar refractivity (Wildman–Crippen MR) is 103 cm³/mol. The molecule has 1 aromatic carbocycles. The van der Waals surface area contributed by atoms with Crippen molar-refractivity contribution in [2.75, 3.05) is 19.8 Å². The fourth-order valence-electron chi connectivity index (χ4n) is 3.63. The number of imidazole rings is 1. The lowest BCUT2D eigenvalue weighted by molar-refractivity contribution is -0.274. The molecule has 164 valence electrons. The predicted octanol–water partition coefficient (Wildman–Crippen LogP) is 2.22. The van der Waals surface area contributed by atoms with Gasteiger partial charge in [-0.2, -0.15) is 0 Å². The zero-order valence-electron chi connectivity index (χ0n) is 16.1. The lowest BCUT2D eigenvalue weighted by Gasteiger charge is -2.32. The van der Waals surface area contributed by atoms with E-state index in [0.29, 0.717) is 19.8 Å². The van der Waals surface area contributed by atoms with E-state index in [2.05, 4.69) is 15.0 Å². The molecular formula is C20H19F3N4O4. The van der Waals surface area contributed by atoms with Crippen LogP contribution in [0.2, 0.25) is 0 Å². The molecule has 1 aliphatic heterocycles. The third-order valence-corrected chi connectivity index (χ3v) is 4.90. The van der Waals surface area contributed by atoms with Gasteiger partial charge >= 0.3 is 12.1 Å². The number of nitrogens with zero attached hydrogens (tertiary/aromatic N) is 3. The summed E-state index contributed by atoms with van der Waals surface area (Å²) in [6.07, 6.45) is -0.318. The number of nitrogens with one attached hydrogen (secondary N) is 1. The van der Waals surface area contributed by atoms with Gasteiger partial charge in [0.15, 0.2) is 0 Å². The smallest absolute Gasteiger partial charge is 0.493 e. The Bertz CT molecular complexity index is 1070. The first kappa shape index (κ1) is 20.9. The number of ether oxygens (including phenoxy) is 2. The molecule has 2 aromatic heterocycles. The van der Waals surface area contributed by atoms with Gasteiger partial charge in [-0.25, -0.2) is 9.36 Å². The minimum atomic E-state index is -4.82. The minimum Gasteiger partial charge on any atom is -0.493 e. The van der Waals surface area contributed by atoms with Crippen molar-refractivity contribution < 1.29 is 27.8 Å². The highest BCUT2D eigenvalue weighted by Crippen LogP contribution is 2.27. The lowest BCUT2D eigenvalue weighted by Crippen LogP contribution is -2.48. The Labute approximate surface area is 174 Å². The Morgan fingerprint density at radius 3 is 2.52 bits per heavy atom. The van der Waals surface area contributed by atoms with Crippen LogP contribution in [0.5, 0.6) is 11.6 Å². The molecule has 3 aromatic rings. The summed E-state index contributed by atoms with van der Waals surface area (Å²) in [5.41, 5.74) is 0.416. The van der Waals surface area contributed by atoms with Crippen molar-refractivity contribution in [2.24, 2.45) is 0 Å². The fraction of sp³-hybridized carbons (Fsp3) is 0.300.